The van der Waals surface area contributed by atoms with Gasteiger partial charge in [0.05, 0.1) is 6.04 Å². The fraction of sp³-hybridized carbons (Fsp3) is 0.125. The summed E-state index contributed by atoms with van der Waals surface area (Å²) in [5, 5.41) is 0.998. The molecule has 120 valence electrons. The normalized spacial score (nSPS) is 13.3. The van der Waals surface area contributed by atoms with E-state index in [-0.39, 0.29) is 5.02 Å². The molecule has 3 rings (SSSR count). The van der Waals surface area contributed by atoms with E-state index in [4.69, 9.17) is 16.0 Å². The fourth-order valence-corrected chi connectivity index (χ4v) is 3.69. The molecule has 2 aromatic carbocycles. The Morgan fingerprint density at radius 3 is 2.61 bits per heavy atom. The molecule has 7 heteroatoms. The van der Waals surface area contributed by atoms with Crippen LogP contribution in [-0.4, -0.2) is 8.42 Å². The lowest BCUT2D eigenvalue weighted by molar-refractivity contribution is 0.482. The molecule has 0 amide bonds. The topological polar surface area (TPSA) is 59.3 Å². The Hall–Kier alpha value is -1.89. The number of nitrogens with one attached hydrogen (secondary N) is 1. The van der Waals surface area contributed by atoms with Gasteiger partial charge in [-0.2, -0.15) is 0 Å². The summed E-state index contributed by atoms with van der Waals surface area (Å²) in [6, 6.07) is 11.9. The van der Waals surface area contributed by atoms with Crippen LogP contribution in [0.5, 0.6) is 0 Å². The van der Waals surface area contributed by atoms with Crippen molar-refractivity contribution in [3.63, 3.8) is 0 Å². The van der Waals surface area contributed by atoms with Crippen LogP contribution in [0.2, 0.25) is 5.02 Å². The van der Waals surface area contributed by atoms with E-state index in [0.29, 0.717) is 11.3 Å². The Kier molecular flexibility index (Phi) is 4.14. The SMILES string of the molecule is C[C@H](NS(=O)(=O)c1ccc(Cl)cc1F)c1cc2ccccc2o1. The third-order valence-electron chi connectivity index (χ3n) is 3.39. The average Bonchev–Trinajstić information content (AvgIpc) is 2.90. The number of sulfonamides is 1. The van der Waals surface area contributed by atoms with Crippen molar-refractivity contribution in [2.45, 2.75) is 17.9 Å². The Labute approximate surface area is 137 Å². The summed E-state index contributed by atoms with van der Waals surface area (Å²) < 4.78 is 46.5. The lowest BCUT2D eigenvalue weighted by Crippen LogP contribution is -2.27. The summed E-state index contributed by atoms with van der Waals surface area (Å²) in [4.78, 5) is -0.454. The van der Waals surface area contributed by atoms with Gasteiger partial charge in [0.2, 0.25) is 10.0 Å². The van der Waals surface area contributed by atoms with Gasteiger partial charge >= 0.3 is 0 Å². The van der Waals surface area contributed by atoms with Crippen molar-refractivity contribution < 1.29 is 17.2 Å². The molecule has 4 nitrogen and oxygen atoms in total. The van der Waals surface area contributed by atoms with Crippen LogP contribution in [0.3, 0.4) is 0 Å². The Bertz CT molecular complexity index is 935. The molecule has 0 unspecified atom stereocenters. The zero-order chi connectivity index (χ0) is 16.6. The van der Waals surface area contributed by atoms with E-state index < -0.39 is 26.8 Å². The Balaban J connectivity index is 1.90. The molecule has 0 aliphatic carbocycles. The van der Waals surface area contributed by atoms with E-state index in [9.17, 15) is 12.8 Å². The third kappa shape index (κ3) is 3.24. The quantitative estimate of drug-likeness (QED) is 0.762. The predicted octanol–water partition coefficient (Wildman–Crippen LogP) is 4.26. The molecule has 0 spiro atoms. The molecular formula is C16H13ClFNO3S. The van der Waals surface area contributed by atoms with Crippen LogP contribution >= 0.6 is 11.6 Å². The molecule has 0 aliphatic heterocycles. The van der Waals surface area contributed by atoms with E-state index in [1.807, 2.05) is 18.2 Å². The monoisotopic (exact) mass is 353 g/mol. The molecule has 0 radical (unpaired) electrons. The second-order valence-electron chi connectivity index (χ2n) is 5.10. The highest BCUT2D eigenvalue weighted by atomic mass is 35.5. The molecule has 23 heavy (non-hydrogen) atoms. The third-order valence-corrected chi connectivity index (χ3v) is 5.20. The number of hydrogen-bond acceptors (Lipinski definition) is 3. The summed E-state index contributed by atoms with van der Waals surface area (Å²) in [5.74, 6) is -0.453. The summed E-state index contributed by atoms with van der Waals surface area (Å²) in [6.45, 7) is 1.63. The van der Waals surface area contributed by atoms with Gasteiger partial charge in [-0.15, -0.1) is 0 Å². The van der Waals surface area contributed by atoms with Crippen LogP contribution in [0.25, 0.3) is 11.0 Å². The van der Waals surface area contributed by atoms with Crippen molar-refractivity contribution >= 4 is 32.6 Å². The fourth-order valence-electron chi connectivity index (χ4n) is 2.26. The van der Waals surface area contributed by atoms with Crippen LogP contribution in [0.15, 0.2) is 57.8 Å². The number of hydrogen-bond donors (Lipinski definition) is 1. The number of para-hydroxylation sites is 1. The Morgan fingerprint density at radius 2 is 1.91 bits per heavy atom. The van der Waals surface area contributed by atoms with Gasteiger partial charge in [-0.3, -0.25) is 0 Å². The molecule has 0 saturated carbocycles. The van der Waals surface area contributed by atoms with Crippen molar-refractivity contribution in [3.8, 4) is 0 Å². The maximum absolute atomic E-state index is 13.8. The molecule has 1 N–H and O–H groups in total. The first-order chi connectivity index (χ1) is 10.9. The maximum Gasteiger partial charge on any atom is 0.244 e. The maximum atomic E-state index is 13.8. The van der Waals surface area contributed by atoms with Crippen LogP contribution in [-0.2, 0) is 10.0 Å². The lowest BCUT2D eigenvalue weighted by atomic mass is 10.2. The Morgan fingerprint density at radius 1 is 1.17 bits per heavy atom. The van der Waals surface area contributed by atoms with Crippen molar-refractivity contribution in [2.24, 2.45) is 0 Å². The molecule has 1 aromatic heterocycles. The van der Waals surface area contributed by atoms with Crippen LogP contribution in [0.4, 0.5) is 4.39 Å². The minimum atomic E-state index is -4.04. The summed E-state index contributed by atoms with van der Waals surface area (Å²) in [7, 11) is -4.04. The second kappa shape index (κ2) is 5.96. The zero-order valence-corrected chi connectivity index (χ0v) is 13.7. The highest BCUT2D eigenvalue weighted by molar-refractivity contribution is 7.89. The highest BCUT2D eigenvalue weighted by Crippen LogP contribution is 2.26. The molecular weight excluding hydrogens is 341 g/mol. The molecule has 0 fully saturated rings. The number of benzene rings is 2. The molecule has 1 atom stereocenters. The standard InChI is InChI=1S/C16H13ClFNO3S/c1-10(15-8-11-4-2-3-5-14(11)22-15)19-23(20,21)16-7-6-12(17)9-13(16)18/h2-10,19H,1H3/t10-/m0/s1. The number of furan rings is 1. The molecule has 1 heterocycles. The predicted molar refractivity (Wildman–Crippen MR) is 86.4 cm³/mol. The first-order valence-electron chi connectivity index (χ1n) is 6.83. The summed E-state index contributed by atoms with van der Waals surface area (Å²) in [6.07, 6.45) is 0. The minimum absolute atomic E-state index is 0.131. The van der Waals surface area contributed by atoms with Gasteiger partial charge in [0.15, 0.2) is 0 Å². The second-order valence-corrected chi connectivity index (χ2v) is 7.22. The molecule has 0 bridgehead atoms. The van der Waals surface area contributed by atoms with E-state index in [0.717, 1.165) is 17.5 Å². The van der Waals surface area contributed by atoms with Gasteiger partial charge < -0.3 is 4.42 Å². The summed E-state index contributed by atoms with van der Waals surface area (Å²) >= 11 is 5.64. The van der Waals surface area contributed by atoms with Crippen LogP contribution < -0.4 is 4.72 Å². The van der Waals surface area contributed by atoms with Crippen LogP contribution in [0.1, 0.15) is 18.7 Å². The van der Waals surface area contributed by atoms with Gasteiger partial charge in [-0.05, 0) is 37.3 Å². The van der Waals surface area contributed by atoms with Gasteiger partial charge in [0.25, 0.3) is 0 Å². The average molecular weight is 354 g/mol. The molecule has 3 aromatic rings. The van der Waals surface area contributed by atoms with Gasteiger partial charge in [0.1, 0.15) is 22.1 Å². The lowest BCUT2D eigenvalue weighted by Gasteiger charge is -2.12. The number of rotatable bonds is 4. The van der Waals surface area contributed by atoms with Gasteiger partial charge in [-0.25, -0.2) is 17.5 Å². The van der Waals surface area contributed by atoms with E-state index >= 15 is 0 Å². The number of fused-ring (bicyclic) bond motifs is 1. The molecule has 0 aliphatic rings. The first-order valence-corrected chi connectivity index (χ1v) is 8.69. The largest absolute Gasteiger partial charge is 0.459 e. The van der Waals surface area contributed by atoms with Crippen molar-refractivity contribution in [2.75, 3.05) is 0 Å². The number of halogens is 2. The van der Waals surface area contributed by atoms with Gasteiger partial charge in [-0.1, -0.05) is 29.8 Å². The minimum Gasteiger partial charge on any atom is -0.459 e. The first kappa shape index (κ1) is 16.0. The van der Waals surface area contributed by atoms with Crippen molar-refractivity contribution in [3.05, 3.63) is 65.1 Å². The smallest absolute Gasteiger partial charge is 0.244 e. The van der Waals surface area contributed by atoms with Crippen molar-refractivity contribution in [1.29, 1.82) is 0 Å². The summed E-state index contributed by atoms with van der Waals surface area (Å²) in [5.41, 5.74) is 0.659. The molecule has 0 saturated heterocycles. The van der Waals surface area contributed by atoms with E-state index in [1.54, 1.807) is 19.1 Å². The van der Waals surface area contributed by atoms with Crippen LogP contribution in [0, 0.1) is 5.82 Å². The van der Waals surface area contributed by atoms with Gasteiger partial charge in [0, 0.05) is 10.4 Å². The van der Waals surface area contributed by atoms with E-state index in [1.165, 1.54) is 6.07 Å². The van der Waals surface area contributed by atoms with E-state index in [2.05, 4.69) is 4.72 Å². The zero-order valence-electron chi connectivity index (χ0n) is 12.1. The van der Waals surface area contributed by atoms with Crippen molar-refractivity contribution in [1.82, 2.24) is 4.72 Å². The highest BCUT2D eigenvalue weighted by Gasteiger charge is 2.23.